The number of anilines is 1. The maximum absolute atomic E-state index is 3.71. The van der Waals surface area contributed by atoms with Gasteiger partial charge in [-0.15, -0.1) is 11.3 Å². The standard InChI is InChI=1S/C16H19NS/c1-2-12-5-9-14(10-6-12)17-16(13-7-8-13)15-4-3-11-18-15/h3-6,9-11,13,16-17H,2,7-8H2,1H3. The minimum atomic E-state index is 0.512. The van der Waals surface area contributed by atoms with E-state index in [-0.39, 0.29) is 0 Å². The first-order chi connectivity index (χ1) is 8.86. The number of hydrogen-bond donors (Lipinski definition) is 1. The Labute approximate surface area is 113 Å². The molecule has 0 aliphatic heterocycles. The molecule has 1 N–H and O–H groups in total. The third-order valence-corrected chi connectivity index (χ3v) is 4.58. The minimum absolute atomic E-state index is 0.512. The van der Waals surface area contributed by atoms with Gasteiger partial charge in [0.05, 0.1) is 6.04 Å². The van der Waals surface area contributed by atoms with Crippen LogP contribution in [0.3, 0.4) is 0 Å². The van der Waals surface area contributed by atoms with Gasteiger partial charge in [0.1, 0.15) is 0 Å². The van der Waals surface area contributed by atoms with Gasteiger partial charge in [-0.1, -0.05) is 25.1 Å². The summed E-state index contributed by atoms with van der Waals surface area (Å²) in [6.07, 6.45) is 3.84. The number of nitrogens with one attached hydrogen (secondary N) is 1. The van der Waals surface area contributed by atoms with Crippen LogP contribution in [0.1, 0.15) is 36.2 Å². The lowest BCUT2D eigenvalue weighted by Gasteiger charge is -2.18. The second-order valence-electron chi connectivity index (χ2n) is 5.03. The Morgan fingerprint density at radius 3 is 2.56 bits per heavy atom. The van der Waals surface area contributed by atoms with E-state index in [0.29, 0.717) is 6.04 Å². The average Bonchev–Trinajstić information content (AvgIpc) is 3.11. The van der Waals surface area contributed by atoms with E-state index >= 15 is 0 Å². The van der Waals surface area contributed by atoms with Gasteiger partial charge in [0.15, 0.2) is 0 Å². The highest BCUT2D eigenvalue weighted by Gasteiger charge is 2.32. The molecular formula is C16H19NS. The molecule has 1 fully saturated rings. The molecular weight excluding hydrogens is 238 g/mol. The van der Waals surface area contributed by atoms with E-state index < -0.39 is 0 Å². The van der Waals surface area contributed by atoms with Crippen LogP contribution in [0.15, 0.2) is 41.8 Å². The van der Waals surface area contributed by atoms with Crippen LogP contribution >= 0.6 is 11.3 Å². The Kier molecular flexibility index (Phi) is 3.37. The maximum atomic E-state index is 3.71. The Hall–Kier alpha value is -1.28. The molecule has 1 nitrogen and oxygen atoms in total. The van der Waals surface area contributed by atoms with Gasteiger partial charge in [0.25, 0.3) is 0 Å². The number of aryl methyl sites for hydroxylation is 1. The second-order valence-corrected chi connectivity index (χ2v) is 6.00. The number of rotatable bonds is 5. The van der Waals surface area contributed by atoms with Crippen LogP contribution in [0.25, 0.3) is 0 Å². The molecule has 1 aromatic carbocycles. The van der Waals surface area contributed by atoms with Gasteiger partial charge in [0, 0.05) is 10.6 Å². The molecule has 18 heavy (non-hydrogen) atoms. The quantitative estimate of drug-likeness (QED) is 0.805. The molecule has 1 aromatic heterocycles. The zero-order valence-electron chi connectivity index (χ0n) is 10.7. The molecule has 1 aliphatic carbocycles. The summed E-state index contributed by atoms with van der Waals surface area (Å²) in [6, 6.07) is 13.8. The summed E-state index contributed by atoms with van der Waals surface area (Å²) >= 11 is 1.86. The smallest absolute Gasteiger partial charge is 0.0634 e. The molecule has 1 unspecified atom stereocenters. The molecule has 1 atom stereocenters. The lowest BCUT2D eigenvalue weighted by atomic mass is 10.1. The van der Waals surface area contributed by atoms with Crippen LogP contribution in [-0.2, 0) is 6.42 Å². The van der Waals surface area contributed by atoms with Crippen LogP contribution < -0.4 is 5.32 Å². The summed E-state index contributed by atoms with van der Waals surface area (Å²) in [5, 5.41) is 5.88. The van der Waals surface area contributed by atoms with Gasteiger partial charge < -0.3 is 5.32 Å². The molecule has 2 aromatic rings. The predicted molar refractivity (Wildman–Crippen MR) is 79.2 cm³/mol. The molecule has 0 saturated heterocycles. The topological polar surface area (TPSA) is 12.0 Å². The summed E-state index contributed by atoms with van der Waals surface area (Å²) in [5.41, 5.74) is 2.65. The van der Waals surface area contributed by atoms with E-state index in [0.717, 1.165) is 12.3 Å². The average molecular weight is 257 g/mol. The van der Waals surface area contributed by atoms with Crippen molar-refractivity contribution >= 4 is 17.0 Å². The fourth-order valence-electron chi connectivity index (χ4n) is 2.34. The first kappa shape index (κ1) is 11.8. The summed E-state index contributed by atoms with van der Waals surface area (Å²) in [7, 11) is 0. The highest BCUT2D eigenvalue weighted by Crippen LogP contribution is 2.44. The summed E-state index contributed by atoms with van der Waals surface area (Å²) in [6.45, 7) is 2.20. The third-order valence-electron chi connectivity index (χ3n) is 3.63. The van der Waals surface area contributed by atoms with Crippen molar-refractivity contribution in [3.8, 4) is 0 Å². The summed E-state index contributed by atoms with van der Waals surface area (Å²) < 4.78 is 0. The van der Waals surface area contributed by atoms with Crippen molar-refractivity contribution in [3.63, 3.8) is 0 Å². The van der Waals surface area contributed by atoms with E-state index in [1.54, 1.807) is 0 Å². The Morgan fingerprint density at radius 1 is 1.22 bits per heavy atom. The van der Waals surface area contributed by atoms with Crippen LogP contribution in [0.2, 0.25) is 0 Å². The van der Waals surface area contributed by atoms with Crippen LogP contribution in [0.5, 0.6) is 0 Å². The molecule has 94 valence electrons. The largest absolute Gasteiger partial charge is 0.377 e. The van der Waals surface area contributed by atoms with Gasteiger partial charge >= 0.3 is 0 Å². The number of hydrogen-bond acceptors (Lipinski definition) is 2. The van der Waals surface area contributed by atoms with E-state index in [2.05, 4.69) is 54.0 Å². The van der Waals surface area contributed by atoms with Gasteiger partial charge in [-0.25, -0.2) is 0 Å². The van der Waals surface area contributed by atoms with Crippen molar-refractivity contribution in [3.05, 3.63) is 52.2 Å². The van der Waals surface area contributed by atoms with E-state index in [1.807, 2.05) is 11.3 Å². The monoisotopic (exact) mass is 257 g/mol. The predicted octanol–water partition coefficient (Wildman–Crippen LogP) is 4.87. The Bertz CT molecular complexity index is 482. The van der Waals surface area contributed by atoms with Crippen molar-refractivity contribution in [2.45, 2.75) is 32.2 Å². The van der Waals surface area contributed by atoms with E-state index in [4.69, 9.17) is 0 Å². The van der Waals surface area contributed by atoms with E-state index in [9.17, 15) is 0 Å². The molecule has 1 saturated carbocycles. The second kappa shape index (κ2) is 5.15. The Morgan fingerprint density at radius 2 is 2.00 bits per heavy atom. The van der Waals surface area contributed by atoms with E-state index in [1.165, 1.54) is 29.0 Å². The fourth-order valence-corrected chi connectivity index (χ4v) is 3.20. The first-order valence-electron chi connectivity index (χ1n) is 6.75. The van der Waals surface area contributed by atoms with Gasteiger partial charge in [-0.05, 0) is 54.3 Å². The van der Waals surface area contributed by atoms with Gasteiger partial charge in [-0.2, -0.15) is 0 Å². The lowest BCUT2D eigenvalue weighted by molar-refractivity contribution is 0.691. The lowest BCUT2D eigenvalue weighted by Crippen LogP contribution is -2.11. The summed E-state index contributed by atoms with van der Waals surface area (Å²) in [4.78, 5) is 1.47. The van der Waals surface area contributed by atoms with Crippen molar-refractivity contribution in [2.75, 3.05) is 5.32 Å². The normalized spacial score (nSPS) is 16.5. The van der Waals surface area contributed by atoms with Crippen molar-refractivity contribution in [1.82, 2.24) is 0 Å². The van der Waals surface area contributed by atoms with Crippen molar-refractivity contribution in [2.24, 2.45) is 5.92 Å². The first-order valence-corrected chi connectivity index (χ1v) is 7.63. The zero-order chi connectivity index (χ0) is 12.4. The maximum Gasteiger partial charge on any atom is 0.0634 e. The van der Waals surface area contributed by atoms with Crippen molar-refractivity contribution < 1.29 is 0 Å². The number of thiophene rings is 1. The number of benzene rings is 1. The summed E-state index contributed by atoms with van der Waals surface area (Å²) in [5.74, 6) is 0.828. The molecule has 0 radical (unpaired) electrons. The third kappa shape index (κ3) is 2.59. The Balaban J connectivity index is 1.76. The molecule has 1 aliphatic rings. The molecule has 2 heteroatoms. The molecule has 1 heterocycles. The van der Waals surface area contributed by atoms with Crippen molar-refractivity contribution in [1.29, 1.82) is 0 Å². The molecule has 0 bridgehead atoms. The fraction of sp³-hybridized carbons (Fsp3) is 0.375. The SMILES string of the molecule is CCc1ccc(NC(c2cccs2)C2CC2)cc1. The van der Waals surface area contributed by atoms with Gasteiger partial charge in [-0.3, -0.25) is 0 Å². The molecule has 3 rings (SSSR count). The molecule has 0 amide bonds. The highest BCUT2D eigenvalue weighted by molar-refractivity contribution is 7.10. The van der Waals surface area contributed by atoms with Gasteiger partial charge in [0.2, 0.25) is 0 Å². The van der Waals surface area contributed by atoms with Crippen LogP contribution in [-0.4, -0.2) is 0 Å². The zero-order valence-corrected chi connectivity index (χ0v) is 11.5. The van der Waals surface area contributed by atoms with Crippen LogP contribution in [0, 0.1) is 5.92 Å². The van der Waals surface area contributed by atoms with Crippen LogP contribution in [0.4, 0.5) is 5.69 Å². The highest BCUT2D eigenvalue weighted by atomic mass is 32.1. The molecule has 0 spiro atoms. The minimum Gasteiger partial charge on any atom is -0.377 e.